The quantitative estimate of drug-likeness (QED) is 0.718. The number of nitrogens with zero attached hydrogens (tertiary/aromatic N) is 1. The van der Waals surface area contributed by atoms with Gasteiger partial charge in [0.25, 0.3) is 0 Å². The number of halogens is 1. The molecule has 0 spiro atoms. The molecule has 3 rings (SSSR count). The van der Waals surface area contributed by atoms with Gasteiger partial charge in [0.2, 0.25) is 15.9 Å². The van der Waals surface area contributed by atoms with E-state index < -0.39 is 10.0 Å². The summed E-state index contributed by atoms with van der Waals surface area (Å²) < 4.78 is 37.6. The van der Waals surface area contributed by atoms with Gasteiger partial charge in [0, 0.05) is 24.5 Å². The molecular formula is C20H23ClN2O5S. The number of sulfonamides is 1. The Morgan fingerprint density at radius 3 is 2.52 bits per heavy atom. The van der Waals surface area contributed by atoms with E-state index in [9.17, 15) is 13.2 Å². The van der Waals surface area contributed by atoms with Gasteiger partial charge in [0.15, 0.2) is 0 Å². The minimum Gasteiger partial charge on any atom is -0.495 e. The van der Waals surface area contributed by atoms with Gasteiger partial charge >= 0.3 is 0 Å². The Labute approximate surface area is 175 Å². The van der Waals surface area contributed by atoms with Gasteiger partial charge in [-0.15, -0.1) is 0 Å². The van der Waals surface area contributed by atoms with Crippen LogP contribution in [0.2, 0.25) is 5.02 Å². The van der Waals surface area contributed by atoms with Gasteiger partial charge in [0.1, 0.15) is 5.75 Å². The van der Waals surface area contributed by atoms with E-state index >= 15 is 0 Å². The van der Waals surface area contributed by atoms with Crippen LogP contribution in [-0.4, -0.2) is 52.0 Å². The minimum atomic E-state index is -3.67. The molecule has 0 radical (unpaired) electrons. The van der Waals surface area contributed by atoms with Crippen LogP contribution < -0.4 is 10.1 Å². The minimum absolute atomic E-state index is 0.105. The summed E-state index contributed by atoms with van der Waals surface area (Å²) in [4.78, 5) is 12.5. The zero-order valence-corrected chi connectivity index (χ0v) is 17.6. The molecule has 1 heterocycles. The van der Waals surface area contributed by atoms with Gasteiger partial charge in [-0.1, -0.05) is 23.7 Å². The summed E-state index contributed by atoms with van der Waals surface area (Å²) >= 11 is 5.87. The Hall–Kier alpha value is -2.13. The highest BCUT2D eigenvalue weighted by atomic mass is 35.5. The first kappa shape index (κ1) is 21.6. The normalized spacial score (nSPS) is 15.1. The molecular weight excluding hydrogens is 416 g/mol. The number of ether oxygens (including phenoxy) is 2. The molecule has 1 saturated heterocycles. The number of nitrogens with one attached hydrogen (secondary N) is 1. The highest BCUT2D eigenvalue weighted by molar-refractivity contribution is 7.89. The molecule has 1 amide bonds. The largest absolute Gasteiger partial charge is 0.495 e. The number of rotatable bonds is 7. The fourth-order valence-electron chi connectivity index (χ4n) is 3.00. The van der Waals surface area contributed by atoms with Crippen LogP contribution in [0.5, 0.6) is 5.75 Å². The number of benzene rings is 2. The van der Waals surface area contributed by atoms with Crippen LogP contribution in [0.3, 0.4) is 0 Å². The van der Waals surface area contributed by atoms with Gasteiger partial charge in [-0.25, -0.2) is 8.42 Å². The van der Waals surface area contributed by atoms with Crippen LogP contribution in [0.25, 0.3) is 0 Å². The van der Waals surface area contributed by atoms with Gasteiger partial charge in [-0.3, -0.25) is 4.79 Å². The van der Waals surface area contributed by atoms with E-state index in [2.05, 4.69) is 5.32 Å². The predicted molar refractivity (Wildman–Crippen MR) is 111 cm³/mol. The Morgan fingerprint density at radius 1 is 1.17 bits per heavy atom. The van der Waals surface area contributed by atoms with Gasteiger partial charge in [0.05, 0.1) is 30.9 Å². The average molecular weight is 439 g/mol. The van der Waals surface area contributed by atoms with Crippen LogP contribution in [0.1, 0.15) is 12.0 Å². The average Bonchev–Trinajstić information content (AvgIpc) is 2.74. The number of hydrogen-bond donors (Lipinski definition) is 1. The monoisotopic (exact) mass is 438 g/mol. The van der Waals surface area contributed by atoms with Gasteiger partial charge < -0.3 is 14.8 Å². The lowest BCUT2D eigenvalue weighted by Gasteiger charge is -2.26. The summed E-state index contributed by atoms with van der Waals surface area (Å²) in [6.45, 7) is 1.33. The third kappa shape index (κ3) is 5.48. The molecule has 2 aromatic carbocycles. The summed E-state index contributed by atoms with van der Waals surface area (Å²) in [7, 11) is -2.20. The Balaban J connectivity index is 1.72. The van der Waals surface area contributed by atoms with Crippen LogP contribution in [0.15, 0.2) is 47.4 Å². The first-order valence-corrected chi connectivity index (χ1v) is 11.0. The summed E-state index contributed by atoms with van der Waals surface area (Å²) in [6, 6.07) is 11.7. The van der Waals surface area contributed by atoms with Crippen molar-refractivity contribution in [1.82, 2.24) is 4.31 Å². The van der Waals surface area contributed by atoms with Crippen molar-refractivity contribution in [2.24, 2.45) is 0 Å². The zero-order chi connectivity index (χ0) is 20.9. The number of carbonyl (C=O) groups excluding carboxylic acids is 1. The van der Waals surface area contributed by atoms with Gasteiger partial charge in [-0.05, 0) is 42.3 Å². The van der Waals surface area contributed by atoms with Gasteiger partial charge in [-0.2, -0.15) is 4.31 Å². The first-order valence-electron chi connectivity index (χ1n) is 9.20. The standard InChI is InChI=1S/C20H23ClN2O5S/c1-27-19-8-7-17(29(25,26)23-10-12-28-13-11-23)14-18(19)22-20(24)9-4-15-2-5-16(21)6-3-15/h2-3,5-8,14H,4,9-13H2,1H3,(H,22,24). The van der Waals surface area contributed by atoms with Crippen molar-refractivity contribution in [3.63, 3.8) is 0 Å². The van der Waals surface area contributed by atoms with Crippen molar-refractivity contribution in [3.05, 3.63) is 53.1 Å². The molecule has 7 nitrogen and oxygen atoms in total. The zero-order valence-electron chi connectivity index (χ0n) is 16.1. The molecule has 156 valence electrons. The molecule has 0 aromatic heterocycles. The maximum absolute atomic E-state index is 12.9. The van der Waals surface area contributed by atoms with E-state index in [1.807, 2.05) is 12.1 Å². The second-order valence-electron chi connectivity index (χ2n) is 6.55. The van der Waals surface area contributed by atoms with E-state index in [4.69, 9.17) is 21.1 Å². The number of amides is 1. The second-order valence-corrected chi connectivity index (χ2v) is 8.93. The second kappa shape index (κ2) is 9.58. The molecule has 29 heavy (non-hydrogen) atoms. The molecule has 0 aliphatic carbocycles. The Kier molecular flexibility index (Phi) is 7.13. The van der Waals surface area contributed by atoms with Crippen LogP contribution in [0, 0.1) is 0 Å². The third-order valence-corrected chi connectivity index (χ3v) is 6.75. The highest BCUT2D eigenvalue weighted by Crippen LogP contribution is 2.29. The predicted octanol–water partition coefficient (Wildman–Crippen LogP) is 2.94. The molecule has 0 unspecified atom stereocenters. The highest BCUT2D eigenvalue weighted by Gasteiger charge is 2.27. The molecule has 0 bridgehead atoms. The van der Waals surface area contributed by atoms with Crippen LogP contribution in [-0.2, 0) is 26.0 Å². The van der Waals surface area contributed by atoms with Crippen molar-refractivity contribution < 1.29 is 22.7 Å². The van der Waals surface area contributed by atoms with Crippen molar-refractivity contribution in [2.45, 2.75) is 17.7 Å². The molecule has 0 saturated carbocycles. The molecule has 2 aromatic rings. The topological polar surface area (TPSA) is 84.9 Å². The first-order chi connectivity index (χ1) is 13.9. The number of aryl methyl sites for hydroxylation is 1. The maximum atomic E-state index is 12.9. The molecule has 1 aliphatic rings. The number of carbonyl (C=O) groups is 1. The molecule has 1 N–H and O–H groups in total. The molecule has 1 fully saturated rings. The number of morpholine rings is 1. The van der Waals surface area contributed by atoms with Crippen molar-refractivity contribution >= 4 is 33.2 Å². The van der Waals surface area contributed by atoms with E-state index in [1.165, 1.54) is 23.5 Å². The molecule has 1 aliphatic heterocycles. The number of hydrogen-bond acceptors (Lipinski definition) is 5. The lowest BCUT2D eigenvalue weighted by atomic mass is 10.1. The Bertz CT molecular complexity index is 957. The summed E-state index contributed by atoms with van der Waals surface area (Å²) in [5.41, 5.74) is 1.31. The summed E-state index contributed by atoms with van der Waals surface area (Å²) in [6.07, 6.45) is 0.780. The number of anilines is 1. The smallest absolute Gasteiger partial charge is 0.243 e. The fourth-order valence-corrected chi connectivity index (χ4v) is 4.56. The van der Waals surface area contributed by atoms with E-state index in [0.29, 0.717) is 49.2 Å². The van der Waals surface area contributed by atoms with Crippen LogP contribution in [0.4, 0.5) is 5.69 Å². The summed E-state index contributed by atoms with van der Waals surface area (Å²) in [5.74, 6) is 0.157. The number of methoxy groups -OCH3 is 1. The van der Waals surface area contributed by atoms with Crippen molar-refractivity contribution in [2.75, 3.05) is 38.7 Å². The van der Waals surface area contributed by atoms with Crippen molar-refractivity contribution in [1.29, 1.82) is 0 Å². The lowest BCUT2D eigenvalue weighted by molar-refractivity contribution is -0.116. The maximum Gasteiger partial charge on any atom is 0.243 e. The van der Waals surface area contributed by atoms with E-state index in [0.717, 1.165) is 5.56 Å². The third-order valence-electron chi connectivity index (χ3n) is 4.61. The fraction of sp³-hybridized carbons (Fsp3) is 0.350. The Morgan fingerprint density at radius 2 is 1.86 bits per heavy atom. The van der Waals surface area contributed by atoms with Crippen LogP contribution >= 0.6 is 11.6 Å². The van der Waals surface area contributed by atoms with E-state index in [1.54, 1.807) is 18.2 Å². The molecule has 0 atom stereocenters. The van der Waals surface area contributed by atoms with E-state index in [-0.39, 0.29) is 17.2 Å². The molecule has 9 heteroatoms. The van der Waals surface area contributed by atoms with Crippen molar-refractivity contribution in [3.8, 4) is 5.75 Å². The SMILES string of the molecule is COc1ccc(S(=O)(=O)N2CCOCC2)cc1NC(=O)CCc1ccc(Cl)cc1. The summed E-state index contributed by atoms with van der Waals surface area (Å²) in [5, 5.41) is 3.40. The lowest BCUT2D eigenvalue weighted by Crippen LogP contribution is -2.40.